The third-order valence-corrected chi connectivity index (χ3v) is 9.78. The van der Waals surface area contributed by atoms with Crippen LogP contribution in [0.2, 0.25) is 10.0 Å². The summed E-state index contributed by atoms with van der Waals surface area (Å²) in [6.07, 6.45) is 6.81. The van der Waals surface area contributed by atoms with Gasteiger partial charge in [-0.1, -0.05) is 23.2 Å². The lowest BCUT2D eigenvalue weighted by molar-refractivity contribution is 0.108. The summed E-state index contributed by atoms with van der Waals surface area (Å²) in [7, 11) is -3.26. The number of H-pyrrole nitrogens is 1. The second-order valence-electron chi connectivity index (χ2n) is 10.9. The van der Waals surface area contributed by atoms with Crippen LogP contribution in [-0.2, 0) is 10.0 Å². The lowest BCUT2D eigenvalue weighted by Gasteiger charge is -2.54. The maximum Gasteiger partial charge on any atom is 0.211 e. The van der Waals surface area contributed by atoms with Gasteiger partial charge in [-0.3, -0.25) is 10.1 Å². The van der Waals surface area contributed by atoms with E-state index in [2.05, 4.69) is 26.2 Å². The molecule has 1 N–H and O–H groups in total. The Morgan fingerprint density at radius 2 is 1.90 bits per heavy atom. The number of nitrogens with one attached hydrogen (secondary N) is 1. The van der Waals surface area contributed by atoms with Crippen LogP contribution in [0.4, 0.5) is 10.2 Å². The smallest absolute Gasteiger partial charge is 0.211 e. The topological polar surface area (TPSA) is 128 Å². The van der Waals surface area contributed by atoms with Crippen LogP contribution in [0.15, 0.2) is 36.8 Å². The number of hydrogen-bond donors (Lipinski definition) is 1. The first-order valence-corrected chi connectivity index (χ1v) is 15.8. The number of aromatic amines is 1. The van der Waals surface area contributed by atoms with E-state index in [1.807, 2.05) is 4.90 Å². The third kappa shape index (κ3) is 5.15. The van der Waals surface area contributed by atoms with Crippen LogP contribution in [0.3, 0.4) is 0 Å². The maximum absolute atomic E-state index is 15.0. The molecule has 0 amide bonds. The minimum Gasteiger partial charge on any atom is -0.483 e. The Morgan fingerprint density at radius 3 is 2.60 bits per heavy atom. The molecule has 0 radical (unpaired) electrons. The van der Waals surface area contributed by atoms with Crippen LogP contribution >= 0.6 is 23.2 Å². The van der Waals surface area contributed by atoms with Crippen LogP contribution < -0.4 is 9.64 Å². The van der Waals surface area contributed by atoms with Gasteiger partial charge >= 0.3 is 0 Å². The Kier molecular flexibility index (Phi) is 7.25. The van der Waals surface area contributed by atoms with Crippen LogP contribution in [0.1, 0.15) is 37.0 Å². The number of sulfonamides is 1. The van der Waals surface area contributed by atoms with E-state index in [0.29, 0.717) is 75.3 Å². The van der Waals surface area contributed by atoms with E-state index in [-0.39, 0.29) is 11.2 Å². The molecule has 0 saturated carbocycles. The second-order valence-corrected chi connectivity index (χ2v) is 13.7. The van der Waals surface area contributed by atoms with E-state index in [1.165, 1.54) is 24.7 Å². The molecule has 1 spiro atoms. The fourth-order valence-electron chi connectivity index (χ4n) is 5.93. The quantitative estimate of drug-likeness (QED) is 0.303. The first-order chi connectivity index (χ1) is 20.0. The first kappa shape index (κ1) is 28.6. The number of fused-ring (bicyclic) bond motifs is 1. The number of nitrogens with zero attached hydrogens (tertiary/aromatic N) is 6. The number of halogens is 3. The van der Waals surface area contributed by atoms with Crippen molar-refractivity contribution < 1.29 is 17.5 Å². The first-order valence-electron chi connectivity index (χ1n) is 13.2. The molecule has 2 saturated heterocycles. The molecular formula is C28H26Cl2FN7O3S. The highest BCUT2D eigenvalue weighted by molar-refractivity contribution is 7.88. The Hall–Kier alpha value is -3.50. The molecule has 1 aromatic carbocycles. The van der Waals surface area contributed by atoms with Gasteiger partial charge in [0, 0.05) is 72.8 Å². The van der Waals surface area contributed by atoms with Crippen molar-refractivity contribution in [1.82, 2.24) is 24.5 Å². The second kappa shape index (κ2) is 10.6. The number of hydrogen-bond acceptors (Lipinski definition) is 8. The molecule has 0 unspecified atom stereocenters. The van der Waals surface area contributed by atoms with Crippen molar-refractivity contribution >= 4 is 49.9 Å². The summed E-state index contributed by atoms with van der Waals surface area (Å²) < 4.78 is 46.7. The maximum atomic E-state index is 15.0. The Labute approximate surface area is 252 Å². The van der Waals surface area contributed by atoms with Crippen LogP contribution in [-0.4, -0.2) is 65.3 Å². The molecular weight excluding hydrogens is 604 g/mol. The lowest BCUT2D eigenvalue weighted by Crippen LogP contribution is -2.63. The van der Waals surface area contributed by atoms with Gasteiger partial charge in [0.1, 0.15) is 23.7 Å². The molecule has 14 heteroatoms. The van der Waals surface area contributed by atoms with Gasteiger partial charge < -0.3 is 9.64 Å². The van der Waals surface area contributed by atoms with E-state index in [1.54, 1.807) is 29.6 Å². The van der Waals surface area contributed by atoms with Gasteiger partial charge in [-0.15, -0.1) is 0 Å². The van der Waals surface area contributed by atoms with Gasteiger partial charge in [0.05, 0.1) is 27.4 Å². The van der Waals surface area contributed by atoms with Crippen molar-refractivity contribution in [2.45, 2.75) is 25.9 Å². The SMILES string of the molecule is C[C@@H](Oc1cc2c(-c3cnc(N4CC5(CCCN(S(C)(=O)=O)C5)C4)c(C#N)c3)n[nH]c2cc1F)c1c(Cl)cncc1Cl. The average Bonchev–Trinajstić information content (AvgIpc) is 3.33. The third-order valence-electron chi connectivity index (χ3n) is 7.92. The van der Waals surface area contributed by atoms with E-state index in [9.17, 15) is 13.7 Å². The molecule has 2 aliphatic heterocycles. The van der Waals surface area contributed by atoms with Crippen molar-refractivity contribution in [2.24, 2.45) is 5.41 Å². The summed E-state index contributed by atoms with van der Waals surface area (Å²) in [4.78, 5) is 10.6. The summed E-state index contributed by atoms with van der Waals surface area (Å²) in [6, 6.07) is 6.77. The summed E-state index contributed by atoms with van der Waals surface area (Å²) in [5.74, 6) is -0.0766. The van der Waals surface area contributed by atoms with Crippen molar-refractivity contribution in [3.05, 3.63) is 63.8 Å². The summed E-state index contributed by atoms with van der Waals surface area (Å²) in [5, 5.41) is 18.4. The minimum atomic E-state index is -3.26. The standard InChI is InChI=1S/C28H26Cl2FN7O3S/c1-16(25-20(29)11-33-12-21(25)30)41-24-7-19-23(8-22(24)31)35-36-26(19)18-6-17(9-32)27(34-10-18)37-13-28(14-37)4-3-5-38(15-28)42(2,39)40/h6-8,10-12,16H,3-5,13-15H2,1-2H3,(H,35,36)/t16-/m1/s1. The summed E-state index contributed by atoms with van der Waals surface area (Å²) in [5.41, 5.74) is 2.21. The molecule has 42 heavy (non-hydrogen) atoms. The monoisotopic (exact) mass is 629 g/mol. The number of anilines is 1. The molecule has 6 rings (SSSR count). The molecule has 10 nitrogen and oxygen atoms in total. The zero-order chi connectivity index (χ0) is 29.8. The molecule has 2 fully saturated rings. The predicted octanol–water partition coefficient (Wildman–Crippen LogP) is 5.34. The fraction of sp³-hybridized carbons (Fsp3) is 0.357. The highest BCUT2D eigenvalue weighted by Crippen LogP contribution is 2.43. The van der Waals surface area contributed by atoms with Gasteiger partial charge in [0.2, 0.25) is 10.0 Å². The average molecular weight is 631 g/mol. The van der Waals surface area contributed by atoms with Gasteiger partial charge in [-0.05, 0) is 31.9 Å². The molecule has 1 atom stereocenters. The minimum absolute atomic E-state index is 0.0202. The normalized spacial score (nSPS) is 17.7. The zero-order valence-corrected chi connectivity index (χ0v) is 25.1. The number of ether oxygens (including phenoxy) is 1. The number of pyridine rings is 2. The van der Waals surface area contributed by atoms with Crippen LogP contribution in [0, 0.1) is 22.6 Å². The highest BCUT2D eigenvalue weighted by atomic mass is 35.5. The van der Waals surface area contributed by atoms with Crippen LogP contribution in [0.25, 0.3) is 22.2 Å². The Bertz CT molecular complexity index is 1830. The highest BCUT2D eigenvalue weighted by Gasteiger charge is 2.48. The summed E-state index contributed by atoms with van der Waals surface area (Å²) >= 11 is 12.5. The molecule has 3 aromatic heterocycles. The molecule has 4 aromatic rings. The van der Waals surface area contributed by atoms with Crippen molar-refractivity contribution in [2.75, 3.05) is 37.3 Å². The van der Waals surface area contributed by atoms with Crippen LogP contribution in [0.5, 0.6) is 5.75 Å². The van der Waals surface area contributed by atoms with E-state index < -0.39 is 21.9 Å². The van der Waals surface area contributed by atoms with E-state index in [0.717, 1.165) is 12.8 Å². The predicted molar refractivity (Wildman–Crippen MR) is 158 cm³/mol. The summed E-state index contributed by atoms with van der Waals surface area (Å²) in [6.45, 7) is 3.96. The molecule has 0 bridgehead atoms. The van der Waals surface area contributed by atoms with E-state index in [4.69, 9.17) is 27.9 Å². The largest absolute Gasteiger partial charge is 0.483 e. The Morgan fingerprint density at radius 1 is 1.17 bits per heavy atom. The number of aromatic nitrogens is 4. The van der Waals surface area contributed by atoms with Crippen molar-refractivity contribution in [1.29, 1.82) is 5.26 Å². The van der Waals surface area contributed by atoms with Gasteiger partial charge in [0.25, 0.3) is 0 Å². The molecule has 218 valence electrons. The fourth-order valence-corrected chi connectivity index (χ4v) is 7.57. The van der Waals surface area contributed by atoms with E-state index >= 15 is 4.39 Å². The molecule has 5 heterocycles. The number of benzene rings is 1. The number of nitriles is 1. The van der Waals surface area contributed by atoms with Crippen molar-refractivity contribution in [3.63, 3.8) is 0 Å². The van der Waals surface area contributed by atoms with Crippen molar-refractivity contribution in [3.8, 4) is 23.1 Å². The van der Waals surface area contributed by atoms with Gasteiger partial charge in [-0.2, -0.15) is 10.4 Å². The number of rotatable bonds is 6. The molecule has 2 aliphatic rings. The Balaban J connectivity index is 1.26. The number of piperidine rings is 1. The molecule has 0 aliphatic carbocycles. The zero-order valence-electron chi connectivity index (χ0n) is 22.7. The van der Waals surface area contributed by atoms with Gasteiger partial charge in [0.15, 0.2) is 11.6 Å². The lowest BCUT2D eigenvalue weighted by atomic mass is 9.74. The van der Waals surface area contributed by atoms with Gasteiger partial charge in [-0.25, -0.2) is 22.1 Å².